The molecule has 12 heteroatoms. The third kappa shape index (κ3) is 3.97. The van der Waals surface area contributed by atoms with Crippen LogP contribution in [0.4, 0.5) is 5.69 Å². The van der Waals surface area contributed by atoms with Gasteiger partial charge >= 0.3 is 5.63 Å². The van der Waals surface area contributed by atoms with Crippen molar-refractivity contribution in [3.05, 3.63) is 58.4 Å². The number of aliphatic hydroxyl groups excluding tert-OH is 3. The van der Waals surface area contributed by atoms with Gasteiger partial charge in [0.1, 0.15) is 29.4 Å². The lowest BCUT2D eigenvalue weighted by Gasteiger charge is -2.21. The van der Waals surface area contributed by atoms with Crippen molar-refractivity contribution >= 4 is 27.8 Å². The van der Waals surface area contributed by atoms with Gasteiger partial charge in [-0.25, -0.2) is 14.8 Å². The average molecular weight is 497 g/mol. The zero-order chi connectivity index (χ0) is 25.6. The molecule has 4 N–H and O–H groups in total. The summed E-state index contributed by atoms with van der Waals surface area (Å²) in [6.07, 6.45) is -1.67. The Kier molecular flexibility index (Phi) is 6.35. The number of imidazole rings is 1. The van der Waals surface area contributed by atoms with Crippen molar-refractivity contribution in [3.63, 3.8) is 0 Å². The van der Waals surface area contributed by atoms with Crippen molar-refractivity contribution in [2.24, 2.45) is 0 Å². The lowest BCUT2D eigenvalue weighted by molar-refractivity contribution is -0.0511. The number of nitrogens with one attached hydrogen (secondary N) is 1. The van der Waals surface area contributed by atoms with Crippen LogP contribution in [0.15, 0.2) is 46.1 Å². The molecule has 1 aromatic carbocycles. The maximum Gasteiger partial charge on any atom is 0.336 e. The first kappa shape index (κ1) is 24.1. The van der Waals surface area contributed by atoms with Gasteiger partial charge in [0.25, 0.3) is 0 Å². The van der Waals surface area contributed by atoms with Crippen LogP contribution in [-0.2, 0) is 11.3 Å². The van der Waals surface area contributed by atoms with Gasteiger partial charge in [-0.1, -0.05) is 0 Å². The van der Waals surface area contributed by atoms with Gasteiger partial charge in [0.05, 0.1) is 25.8 Å². The first-order valence-corrected chi connectivity index (χ1v) is 11.8. The second kappa shape index (κ2) is 9.47. The van der Waals surface area contributed by atoms with E-state index < -0.39 is 36.8 Å². The Morgan fingerprint density at radius 1 is 1.11 bits per heavy atom. The molecule has 0 amide bonds. The summed E-state index contributed by atoms with van der Waals surface area (Å²) >= 11 is 0. The van der Waals surface area contributed by atoms with E-state index in [0.29, 0.717) is 11.1 Å². The summed E-state index contributed by atoms with van der Waals surface area (Å²) in [5.41, 5.74) is 2.21. The van der Waals surface area contributed by atoms with Crippen molar-refractivity contribution in [2.45, 2.75) is 44.9 Å². The molecule has 4 aromatic rings. The molecule has 0 aliphatic carbocycles. The minimum Gasteiger partial charge on any atom is -0.423 e. The normalized spacial score (nSPS) is 22.0. The summed E-state index contributed by atoms with van der Waals surface area (Å²) in [7, 11) is 0. The molecular formula is C24H28N6O6. The summed E-state index contributed by atoms with van der Waals surface area (Å²) < 4.78 is 14.0. The molecule has 0 spiro atoms. The van der Waals surface area contributed by atoms with Crippen LogP contribution < -0.4 is 16.0 Å². The van der Waals surface area contributed by atoms with Crippen molar-refractivity contribution < 1.29 is 24.5 Å². The highest BCUT2D eigenvalue weighted by Crippen LogP contribution is 2.31. The molecule has 12 nitrogen and oxygen atoms in total. The lowest BCUT2D eigenvalue weighted by Crippen LogP contribution is -2.33. The predicted octanol–water partition coefficient (Wildman–Crippen LogP) is 0.325. The van der Waals surface area contributed by atoms with E-state index in [9.17, 15) is 20.1 Å². The van der Waals surface area contributed by atoms with E-state index >= 15 is 0 Å². The minimum atomic E-state index is -1.29. The number of aliphatic hydroxyl groups is 3. The van der Waals surface area contributed by atoms with E-state index in [1.165, 1.54) is 23.3 Å². The Morgan fingerprint density at radius 2 is 1.89 bits per heavy atom. The molecule has 1 aliphatic rings. The van der Waals surface area contributed by atoms with Crippen LogP contribution in [0.1, 0.15) is 25.6 Å². The number of anilines is 1. The number of rotatable bonds is 7. The van der Waals surface area contributed by atoms with Gasteiger partial charge in [-0.15, -0.1) is 0 Å². The summed E-state index contributed by atoms with van der Waals surface area (Å²) in [6.45, 7) is 5.51. The molecule has 0 radical (unpaired) electrons. The summed E-state index contributed by atoms with van der Waals surface area (Å²) in [4.78, 5) is 23.2. The lowest BCUT2D eigenvalue weighted by atomic mass is 10.1. The molecule has 4 heterocycles. The van der Waals surface area contributed by atoms with Crippen LogP contribution >= 0.6 is 0 Å². The number of hydrogen-bond donors (Lipinski definition) is 4. The van der Waals surface area contributed by atoms with E-state index in [1.54, 1.807) is 4.57 Å². The summed E-state index contributed by atoms with van der Waals surface area (Å²) in [5, 5.41) is 39.3. The molecule has 0 bridgehead atoms. The van der Waals surface area contributed by atoms with Crippen molar-refractivity contribution in [1.29, 1.82) is 5.41 Å². The highest BCUT2D eigenvalue weighted by molar-refractivity contribution is 5.83. The molecule has 1 fully saturated rings. The topological polar surface area (TPSA) is 163 Å². The van der Waals surface area contributed by atoms with Crippen LogP contribution in [0.3, 0.4) is 0 Å². The smallest absolute Gasteiger partial charge is 0.336 e. The zero-order valence-electron chi connectivity index (χ0n) is 19.9. The van der Waals surface area contributed by atoms with Gasteiger partial charge in [0, 0.05) is 36.3 Å². The fraction of sp³-hybridized carbons (Fsp3) is 0.417. The van der Waals surface area contributed by atoms with Gasteiger partial charge in [0.2, 0.25) is 0 Å². The molecule has 190 valence electrons. The maximum absolute atomic E-state index is 12.3. The van der Waals surface area contributed by atoms with Gasteiger partial charge in [0.15, 0.2) is 17.4 Å². The van der Waals surface area contributed by atoms with Crippen LogP contribution in [0, 0.1) is 5.41 Å². The van der Waals surface area contributed by atoms with Gasteiger partial charge in [-0.3, -0.25) is 9.98 Å². The number of ether oxygens (including phenoxy) is 1. The minimum absolute atomic E-state index is 0.0478. The van der Waals surface area contributed by atoms with E-state index in [-0.39, 0.29) is 23.2 Å². The Bertz CT molecular complexity index is 1520. The quantitative estimate of drug-likeness (QED) is 0.264. The number of aromatic nitrogens is 4. The zero-order valence-corrected chi connectivity index (χ0v) is 19.9. The first-order chi connectivity index (χ1) is 17.4. The van der Waals surface area contributed by atoms with Crippen molar-refractivity contribution in [3.8, 4) is 0 Å². The van der Waals surface area contributed by atoms with Crippen LogP contribution in [0.2, 0.25) is 0 Å². The number of nitrogens with zero attached hydrogens (tertiary/aromatic N) is 5. The third-order valence-corrected chi connectivity index (χ3v) is 6.67. The Balaban J connectivity index is 1.51. The highest BCUT2D eigenvalue weighted by Gasteiger charge is 2.44. The molecule has 0 unspecified atom stereocenters. The molecular weight excluding hydrogens is 468 g/mol. The van der Waals surface area contributed by atoms with E-state index in [1.807, 2.05) is 18.2 Å². The second-order valence-corrected chi connectivity index (χ2v) is 8.72. The predicted molar refractivity (Wildman–Crippen MR) is 130 cm³/mol. The van der Waals surface area contributed by atoms with Crippen molar-refractivity contribution in [2.75, 3.05) is 24.6 Å². The second-order valence-electron chi connectivity index (χ2n) is 8.72. The van der Waals surface area contributed by atoms with Crippen molar-refractivity contribution in [1.82, 2.24) is 19.1 Å². The molecule has 1 saturated heterocycles. The van der Waals surface area contributed by atoms with Gasteiger partial charge < -0.3 is 33.9 Å². The van der Waals surface area contributed by atoms with Crippen LogP contribution in [0.25, 0.3) is 22.1 Å². The molecule has 3 aromatic heterocycles. The fourth-order valence-corrected chi connectivity index (χ4v) is 4.70. The van der Waals surface area contributed by atoms with E-state index in [0.717, 1.165) is 24.2 Å². The van der Waals surface area contributed by atoms with E-state index in [2.05, 4.69) is 28.7 Å². The third-order valence-electron chi connectivity index (χ3n) is 6.67. The number of fused-ring (bicyclic) bond motifs is 2. The maximum atomic E-state index is 12.3. The molecule has 0 saturated carbocycles. The largest absolute Gasteiger partial charge is 0.423 e. The monoisotopic (exact) mass is 496 g/mol. The number of benzene rings is 1. The Hall–Kier alpha value is -3.58. The highest BCUT2D eigenvalue weighted by atomic mass is 16.6. The molecule has 4 atom stereocenters. The van der Waals surface area contributed by atoms with Gasteiger partial charge in [-0.2, -0.15) is 0 Å². The van der Waals surface area contributed by atoms with Crippen LogP contribution in [0.5, 0.6) is 0 Å². The summed E-state index contributed by atoms with van der Waals surface area (Å²) in [5.74, 6) is 0. The van der Waals surface area contributed by atoms with E-state index in [4.69, 9.17) is 14.6 Å². The van der Waals surface area contributed by atoms with Gasteiger partial charge in [-0.05, 0) is 31.5 Å². The Morgan fingerprint density at radius 3 is 2.58 bits per heavy atom. The standard InChI is InChI=1S/C24H28N6O6/c1-3-28(4-2)14-5-6-15-13(7-18(32)35-16(15)8-14)9-29-11-27-23-19(22(29)25)26-12-30(23)24-21(34)20(33)17(10-31)36-24/h5-8,11-12,17,20-21,24-25,31,33-34H,3-4,9-10H2,1-2H3/t17-,20-,21-,24-/m1/s1. The van der Waals surface area contributed by atoms with Crippen LogP contribution in [-0.4, -0.2) is 72.4 Å². The number of hydrogen-bond acceptors (Lipinski definition) is 10. The fourth-order valence-electron chi connectivity index (χ4n) is 4.70. The molecule has 1 aliphatic heterocycles. The molecule has 36 heavy (non-hydrogen) atoms. The summed E-state index contributed by atoms with van der Waals surface area (Å²) in [6, 6.07) is 7.15. The SMILES string of the molecule is CCN(CC)c1ccc2c(Cn3cnc4c(ncn4[C@@H]4O[C@H](CO)[C@@H](O)[C@H]4O)c3=N)cc(=O)oc2c1. The molecule has 5 rings (SSSR count). The average Bonchev–Trinajstić information content (AvgIpc) is 3.42. The Labute approximate surface area is 205 Å². The first-order valence-electron chi connectivity index (χ1n) is 11.8.